The van der Waals surface area contributed by atoms with Gasteiger partial charge in [-0.15, -0.1) is 11.6 Å². The first-order chi connectivity index (χ1) is 3.84. The lowest BCUT2D eigenvalue weighted by Crippen LogP contribution is -2.32. The van der Waals surface area contributed by atoms with Crippen molar-refractivity contribution < 1.29 is 4.74 Å². The predicted molar refractivity (Wildman–Crippen MR) is 33.3 cm³/mol. The van der Waals surface area contributed by atoms with Gasteiger partial charge in [0.15, 0.2) is 0 Å². The summed E-state index contributed by atoms with van der Waals surface area (Å²) in [4.78, 5) is 0. The zero-order chi connectivity index (χ0) is 5.98. The largest absolute Gasteiger partial charge is 0.378 e. The van der Waals surface area contributed by atoms with Crippen LogP contribution in [0.4, 0.5) is 0 Å². The Kier molecular flexibility index (Phi) is 2.11. The van der Waals surface area contributed by atoms with E-state index in [9.17, 15) is 0 Å². The van der Waals surface area contributed by atoms with Crippen molar-refractivity contribution in [2.75, 3.05) is 20.3 Å². The minimum absolute atomic E-state index is 0.167. The smallest absolute Gasteiger partial charge is 0.0745 e. The molecule has 0 radical (unpaired) electrons. The number of alkyl halides is 1. The summed E-state index contributed by atoms with van der Waals surface area (Å²) >= 11 is 5.79. The fourth-order valence-corrected chi connectivity index (χ4v) is 1.08. The Morgan fingerprint density at radius 2 is 2.38 bits per heavy atom. The maximum Gasteiger partial charge on any atom is 0.0745 e. The van der Waals surface area contributed by atoms with Gasteiger partial charge in [0.25, 0.3) is 0 Å². The Balaban J connectivity index is 2.30. The van der Waals surface area contributed by atoms with Gasteiger partial charge in [-0.1, -0.05) is 0 Å². The highest BCUT2D eigenvalue weighted by atomic mass is 35.5. The third-order valence-electron chi connectivity index (χ3n) is 1.38. The molecule has 0 spiro atoms. The Morgan fingerprint density at radius 3 is 2.62 bits per heavy atom. The molecule has 48 valence electrons. The molecule has 0 aromatic rings. The van der Waals surface area contributed by atoms with Crippen LogP contribution in [0.15, 0.2) is 0 Å². The van der Waals surface area contributed by atoms with E-state index in [1.54, 1.807) is 0 Å². The van der Waals surface area contributed by atoms with Gasteiger partial charge in [0, 0.05) is 6.04 Å². The van der Waals surface area contributed by atoms with E-state index in [2.05, 4.69) is 5.32 Å². The van der Waals surface area contributed by atoms with Crippen molar-refractivity contribution in [1.29, 1.82) is 0 Å². The molecular weight excluding hydrogens is 126 g/mol. The zero-order valence-corrected chi connectivity index (χ0v) is 5.61. The predicted octanol–water partition coefficient (Wildman–Crippen LogP) is 0.212. The number of rotatable bonds is 1. The number of halogens is 1. The van der Waals surface area contributed by atoms with Crippen LogP contribution in [0.5, 0.6) is 0 Å². The van der Waals surface area contributed by atoms with E-state index in [0.717, 1.165) is 6.61 Å². The zero-order valence-electron chi connectivity index (χ0n) is 4.86. The molecule has 1 aliphatic rings. The van der Waals surface area contributed by atoms with Crippen molar-refractivity contribution in [2.24, 2.45) is 0 Å². The average molecular weight is 136 g/mol. The van der Waals surface area contributed by atoms with E-state index >= 15 is 0 Å². The van der Waals surface area contributed by atoms with E-state index in [-0.39, 0.29) is 5.38 Å². The Bertz CT molecular complexity index is 78.8. The van der Waals surface area contributed by atoms with Gasteiger partial charge in [0.05, 0.1) is 18.6 Å². The molecule has 1 N–H and O–H groups in total. The van der Waals surface area contributed by atoms with Gasteiger partial charge in [0.2, 0.25) is 0 Å². The molecule has 0 aromatic heterocycles. The Labute approximate surface area is 54.2 Å². The molecule has 0 saturated carbocycles. The minimum Gasteiger partial charge on any atom is -0.378 e. The van der Waals surface area contributed by atoms with E-state index in [1.165, 1.54) is 0 Å². The minimum atomic E-state index is 0.167. The Morgan fingerprint density at radius 1 is 1.62 bits per heavy atom. The molecule has 0 bridgehead atoms. The van der Waals surface area contributed by atoms with Crippen LogP contribution in [-0.2, 0) is 4.74 Å². The topological polar surface area (TPSA) is 21.3 Å². The second-order valence-corrected chi connectivity index (χ2v) is 2.51. The van der Waals surface area contributed by atoms with Gasteiger partial charge in [-0.2, -0.15) is 0 Å². The SMILES string of the molecule is CNC1COCC1Cl. The van der Waals surface area contributed by atoms with Gasteiger partial charge in [-0.3, -0.25) is 0 Å². The second-order valence-electron chi connectivity index (χ2n) is 1.95. The molecule has 3 heteroatoms. The summed E-state index contributed by atoms with van der Waals surface area (Å²) in [6, 6.07) is 0.358. The van der Waals surface area contributed by atoms with Gasteiger partial charge < -0.3 is 10.1 Å². The van der Waals surface area contributed by atoms with Crippen molar-refractivity contribution >= 4 is 11.6 Å². The van der Waals surface area contributed by atoms with Crippen LogP contribution in [0.3, 0.4) is 0 Å². The molecule has 1 heterocycles. The number of nitrogens with one attached hydrogen (secondary N) is 1. The summed E-state index contributed by atoms with van der Waals surface area (Å²) in [5, 5.41) is 3.22. The molecule has 0 aliphatic carbocycles. The molecule has 0 amide bonds. The molecule has 2 nitrogen and oxygen atoms in total. The summed E-state index contributed by atoms with van der Waals surface area (Å²) in [7, 11) is 1.90. The van der Waals surface area contributed by atoms with Crippen LogP contribution < -0.4 is 5.32 Å². The summed E-state index contributed by atoms with van der Waals surface area (Å²) < 4.78 is 5.07. The van der Waals surface area contributed by atoms with Crippen LogP contribution in [0.1, 0.15) is 0 Å². The number of ether oxygens (including phenoxy) is 1. The first kappa shape index (κ1) is 6.33. The molecular formula is C5H10ClNO. The highest BCUT2D eigenvalue weighted by molar-refractivity contribution is 6.21. The molecule has 1 rings (SSSR count). The summed E-state index contributed by atoms with van der Waals surface area (Å²) in [5.41, 5.74) is 0. The maximum absolute atomic E-state index is 5.79. The van der Waals surface area contributed by atoms with Crippen LogP contribution in [0, 0.1) is 0 Å². The second kappa shape index (κ2) is 2.67. The average Bonchev–Trinajstić information content (AvgIpc) is 2.14. The summed E-state index contributed by atoms with van der Waals surface area (Å²) in [5.74, 6) is 0. The lowest BCUT2D eigenvalue weighted by atomic mass is 10.3. The third kappa shape index (κ3) is 1.13. The van der Waals surface area contributed by atoms with Crippen LogP contribution in [-0.4, -0.2) is 31.7 Å². The molecule has 8 heavy (non-hydrogen) atoms. The number of likely N-dealkylation sites (N-methyl/N-ethyl adjacent to an activating group) is 1. The highest BCUT2D eigenvalue weighted by Gasteiger charge is 2.23. The number of hydrogen-bond acceptors (Lipinski definition) is 2. The van der Waals surface area contributed by atoms with Crippen LogP contribution in [0.25, 0.3) is 0 Å². The highest BCUT2D eigenvalue weighted by Crippen LogP contribution is 2.10. The van der Waals surface area contributed by atoms with Gasteiger partial charge in [0.1, 0.15) is 0 Å². The lowest BCUT2D eigenvalue weighted by molar-refractivity contribution is 0.191. The monoisotopic (exact) mass is 135 g/mol. The van der Waals surface area contributed by atoms with Gasteiger partial charge in [-0.05, 0) is 7.05 Å². The Hall–Kier alpha value is 0.210. The summed E-state index contributed by atoms with van der Waals surface area (Å²) in [6.45, 7) is 1.44. The van der Waals surface area contributed by atoms with Crippen molar-refractivity contribution in [3.05, 3.63) is 0 Å². The third-order valence-corrected chi connectivity index (χ3v) is 1.81. The van der Waals surface area contributed by atoms with E-state index in [4.69, 9.17) is 16.3 Å². The van der Waals surface area contributed by atoms with Crippen molar-refractivity contribution in [2.45, 2.75) is 11.4 Å². The fourth-order valence-electron chi connectivity index (χ4n) is 0.792. The first-order valence-corrected chi connectivity index (χ1v) is 3.17. The quantitative estimate of drug-likeness (QED) is 0.519. The first-order valence-electron chi connectivity index (χ1n) is 2.73. The number of hydrogen-bond donors (Lipinski definition) is 1. The fraction of sp³-hybridized carbons (Fsp3) is 1.00. The van der Waals surface area contributed by atoms with Crippen molar-refractivity contribution in [3.8, 4) is 0 Å². The normalized spacial score (nSPS) is 38.2. The standard InChI is InChI=1S/C5H10ClNO/c1-7-5-3-8-2-4(5)6/h4-5,7H,2-3H2,1H3. The van der Waals surface area contributed by atoms with Crippen LogP contribution >= 0.6 is 11.6 Å². The van der Waals surface area contributed by atoms with Gasteiger partial charge in [-0.25, -0.2) is 0 Å². The molecule has 1 aliphatic heterocycles. The summed E-state index contributed by atoms with van der Waals surface area (Å²) in [6.07, 6.45) is 0. The van der Waals surface area contributed by atoms with E-state index in [1.807, 2.05) is 7.05 Å². The van der Waals surface area contributed by atoms with Crippen molar-refractivity contribution in [1.82, 2.24) is 5.32 Å². The van der Waals surface area contributed by atoms with E-state index < -0.39 is 0 Å². The molecule has 2 atom stereocenters. The van der Waals surface area contributed by atoms with Crippen LogP contribution in [0.2, 0.25) is 0 Å². The maximum atomic E-state index is 5.79. The molecule has 1 saturated heterocycles. The van der Waals surface area contributed by atoms with Crippen molar-refractivity contribution in [3.63, 3.8) is 0 Å². The molecule has 0 aromatic carbocycles. The lowest BCUT2D eigenvalue weighted by Gasteiger charge is -2.07. The van der Waals surface area contributed by atoms with E-state index in [0.29, 0.717) is 12.6 Å². The molecule has 1 fully saturated rings. The van der Waals surface area contributed by atoms with Gasteiger partial charge >= 0.3 is 0 Å². The molecule has 2 unspecified atom stereocenters.